The molecule has 2 N–H and O–H groups in total. The zero-order valence-electron chi connectivity index (χ0n) is 9.01. The molecule has 6 nitrogen and oxygen atoms in total. The van der Waals surface area contributed by atoms with Crippen molar-refractivity contribution in [3.05, 3.63) is 12.3 Å². The second-order valence-electron chi connectivity index (χ2n) is 3.92. The zero-order valence-corrected chi connectivity index (χ0v) is 9.83. The van der Waals surface area contributed by atoms with Crippen LogP contribution in [0.3, 0.4) is 0 Å². The Morgan fingerprint density at radius 3 is 3.29 bits per heavy atom. The molecular weight excluding hydrogens is 238 g/mol. The highest BCUT2D eigenvalue weighted by molar-refractivity contribution is 7.00. The van der Waals surface area contributed by atoms with Crippen molar-refractivity contribution in [1.82, 2.24) is 19.0 Å². The minimum atomic E-state index is -0.219. The van der Waals surface area contributed by atoms with E-state index in [-0.39, 0.29) is 11.9 Å². The quantitative estimate of drug-likeness (QED) is 0.822. The smallest absolute Gasteiger partial charge is 0.242 e. The van der Waals surface area contributed by atoms with Crippen LogP contribution >= 0.6 is 11.7 Å². The second-order valence-corrected chi connectivity index (χ2v) is 4.45. The lowest BCUT2D eigenvalue weighted by Gasteiger charge is -2.23. The lowest BCUT2D eigenvalue weighted by atomic mass is 10.1. The molecule has 0 spiro atoms. The Kier molecular flexibility index (Phi) is 2.60. The molecule has 1 atom stereocenters. The summed E-state index contributed by atoms with van der Waals surface area (Å²) in [6.45, 7) is 0.757. The first kappa shape index (κ1) is 10.4. The van der Waals surface area contributed by atoms with Crippen LogP contribution in [0.15, 0.2) is 12.3 Å². The maximum Gasteiger partial charge on any atom is 0.242 e. The summed E-state index contributed by atoms with van der Waals surface area (Å²) >= 11 is 1.15. The van der Waals surface area contributed by atoms with Crippen molar-refractivity contribution in [2.45, 2.75) is 18.9 Å². The van der Waals surface area contributed by atoms with E-state index in [1.54, 1.807) is 6.20 Å². The molecule has 7 heteroatoms. The average Bonchev–Trinajstić information content (AvgIpc) is 2.81. The lowest BCUT2D eigenvalue weighted by Crippen LogP contribution is -2.44. The molecule has 0 unspecified atom stereocenters. The molecule has 3 heterocycles. The minimum absolute atomic E-state index is 0.0261. The van der Waals surface area contributed by atoms with E-state index in [2.05, 4.69) is 24.4 Å². The van der Waals surface area contributed by atoms with Crippen LogP contribution in [-0.4, -0.2) is 32.2 Å². The van der Waals surface area contributed by atoms with E-state index in [1.165, 1.54) is 0 Å². The number of fused-ring (bicyclic) bond motifs is 1. The summed E-state index contributed by atoms with van der Waals surface area (Å²) in [4.78, 5) is 15.9. The van der Waals surface area contributed by atoms with Gasteiger partial charge >= 0.3 is 0 Å². The number of hydrogen-bond acceptors (Lipinski definition) is 6. The fourth-order valence-electron chi connectivity index (χ4n) is 1.89. The summed E-state index contributed by atoms with van der Waals surface area (Å²) in [5.74, 6) is 0.663. The van der Waals surface area contributed by atoms with E-state index in [9.17, 15) is 4.79 Å². The van der Waals surface area contributed by atoms with Gasteiger partial charge in [0.05, 0.1) is 11.7 Å². The molecule has 1 aliphatic rings. The van der Waals surface area contributed by atoms with Gasteiger partial charge in [-0.15, -0.1) is 0 Å². The van der Waals surface area contributed by atoms with Gasteiger partial charge in [0.2, 0.25) is 5.91 Å². The fraction of sp³-hybridized carbons (Fsp3) is 0.400. The molecule has 0 bridgehead atoms. The van der Waals surface area contributed by atoms with Crippen LogP contribution in [0.25, 0.3) is 11.0 Å². The summed E-state index contributed by atoms with van der Waals surface area (Å²) in [7, 11) is 0. The number of rotatable bonds is 2. The van der Waals surface area contributed by atoms with E-state index in [0.29, 0.717) is 5.82 Å². The molecule has 2 aromatic heterocycles. The Morgan fingerprint density at radius 1 is 1.47 bits per heavy atom. The maximum atomic E-state index is 11.6. The molecule has 0 aliphatic carbocycles. The summed E-state index contributed by atoms with van der Waals surface area (Å²) < 4.78 is 8.32. The van der Waals surface area contributed by atoms with Crippen LogP contribution in [0.5, 0.6) is 0 Å². The molecule has 88 valence electrons. The van der Waals surface area contributed by atoms with Crippen molar-refractivity contribution < 1.29 is 4.79 Å². The van der Waals surface area contributed by atoms with E-state index >= 15 is 0 Å². The van der Waals surface area contributed by atoms with Crippen LogP contribution in [0.4, 0.5) is 5.82 Å². The van der Waals surface area contributed by atoms with Gasteiger partial charge in [0.1, 0.15) is 17.1 Å². The van der Waals surface area contributed by atoms with Gasteiger partial charge in [0.25, 0.3) is 0 Å². The van der Waals surface area contributed by atoms with Crippen molar-refractivity contribution >= 4 is 34.5 Å². The molecule has 17 heavy (non-hydrogen) atoms. The van der Waals surface area contributed by atoms with Gasteiger partial charge in [-0.25, -0.2) is 4.98 Å². The van der Waals surface area contributed by atoms with Crippen LogP contribution in [-0.2, 0) is 4.79 Å². The van der Waals surface area contributed by atoms with Gasteiger partial charge in [0.15, 0.2) is 5.82 Å². The summed E-state index contributed by atoms with van der Waals surface area (Å²) in [6.07, 6.45) is 3.48. The minimum Gasteiger partial charge on any atom is -0.356 e. The summed E-state index contributed by atoms with van der Waals surface area (Å²) in [5.41, 5.74) is 1.54. The van der Waals surface area contributed by atoms with E-state index in [4.69, 9.17) is 0 Å². The third-order valence-corrected chi connectivity index (χ3v) is 3.31. The number of nitrogens with zero attached hydrogens (tertiary/aromatic N) is 3. The van der Waals surface area contributed by atoms with Crippen molar-refractivity contribution in [1.29, 1.82) is 0 Å². The molecule has 0 saturated carbocycles. The third kappa shape index (κ3) is 1.93. The third-order valence-electron chi connectivity index (χ3n) is 2.77. The van der Waals surface area contributed by atoms with Gasteiger partial charge < -0.3 is 10.6 Å². The van der Waals surface area contributed by atoms with Gasteiger partial charge in [-0.2, -0.15) is 8.75 Å². The van der Waals surface area contributed by atoms with Crippen LogP contribution in [0.2, 0.25) is 0 Å². The number of pyridine rings is 1. The molecule has 1 amide bonds. The van der Waals surface area contributed by atoms with Gasteiger partial charge in [-0.05, 0) is 18.9 Å². The Bertz CT molecular complexity index is 554. The Balaban J connectivity index is 1.89. The van der Waals surface area contributed by atoms with Gasteiger partial charge in [-0.3, -0.25) is 4.79 Å². The number of aromatic nitrogens is 3. The molecule has 2 aromatic rings. The fourth-order valence-corrected chi connectivity index (χ4v) is 2.43. The lowest BCUT2D eigenvalue weighted by molar-refractivity contribution is -0.123. The molecule has 1 aliphatic heterocycles. The SMILES string of the molecule is O=C1NCCC[C@@H]1Nc1nccc2nsnc12. The highest BCUT2D eigenvalue weighted by Crippen LogP contribution is 2.20. The predicted molar refractivity (Wildman–Crippen MR) is 64.9 cm³/mol. The Hall–Kier alpha value is -1.76. The van der Waals surface area contributed by atoms with Crippen LogP contribution < -0.4 is 10.6 Å². The largest absolute Gasteiger partial charge is 0.356 e. The average molecular weight is 249 g/mol. The maximum absolute atomic E-state index is 11.6. The van der Waals surface area contributed by atoms with E-state index < -0.39 is 0 Å². The molecule has 0 radical (unpaired) electrons. The number of hydrogen-bond donors (Lipinski definition) is 2. The van der Waals surface area contributed by atoms with Crippen molar-refractivity contribution in [3.63, 3.8) is 0 Å². The number of piperidine rings is 1. The number of anilines is 1. The standard InChI is InChI=1S/C10H11N5OS/c16-10-7(2-1-4-12-10)13-9-8-6(3-5-11-9)14-17-15-8/h3,5,7H,1-2,4H2,(H,11,13)(H,12,16)/t7-/m0/s1. The van der Waals surface area contributed by atoms with E-state index in [0.717, 1.165) is 42.1 Å². The van der Waals surface area contributed by atoms with Gasteiger partial charge in [-0.1, -0.05) is 0 Å². The molecule has 0 aromatic carbocycles. The second kappa shape index (κ2) is 4.25. The Morgan fingerprint density at radius 2 is 2.41 bits per heavy atom. The normalized spacial score (nSPS) is 20.2. The first-order valence-electron chi connectivity index (χ1n) is 5.46. The molecule has 3 rings (SSSR count). The predicted octanol–water partition coefficient (Wildman–Crippen LogP) is 0.777. The summed E-state index contributed by atoms with van der Waals surface area (Å²) in [5, 5.41) is 5.97. The highest BCUT2D eigenvalue weighted by Gasteiger charge is 2.23. The van der Waals surface area contributed by atoms with E-state index in [1.807, 2.05) is 6.07 Å². The topological polar surface area (TPSA) is 79.8 Å². The van der Waals surface area contributed by atoms with Crippen LogP contribution in [0.1, 0.15) is 12.8 Å². The zero-order chi connectivity index (χ0) is 11.7. The molecule has 1 saturated heterocycles. The van der Waals surface area contributed by atoms with Gasteiger partial charge in [0, 0.05) is 12.7 Å². The highest BCUT2D eigenvalue weighted by atomic mass is 32.1. The van der Waals surface area contributed by atoms with Crippen molar-refractivity contribution in [2.75, 3.05) is 11.9 Å². The molecular formula is C10H11N5OS. The number of carbonyl (C=O) groups excluding carboxylic acids is 1. The number of nitrogens with one attached hydrogen (secondary N) is 2. The Labute approximate surface area is 102 Å². The molecule has 1 fully saturated rings. The summed E-state index contributed by atoms with van der Waals surface area (Å²) in [6, 6.07) is 1.59. The first-order valence-corrected chi connectivity index (χ1v) is 6.19. The monoisotopic (exact) mass is 249 g/mol. The number of carbonyl (C=O) groups is 1. The first-order chi connectivity index (χ1) is 8.34. The van der Waals surface area contributed by atoms with Crippen molar-refractivity contribution in [2.24, 2.45) is 0 Å². The van der Waals surface area contributed by atoms with Crippen molar-refractivity contribution in [3.8, 4) is 0 Å². The number of amides is 1. The van der Waals surface area contributed by atoms with Crippen LogP contribution in [0, 0.1) is 0 Å².